The Morgan fingerprint density at radius 3 is 0.900 bits per heavy atom. The fourth-order valence-corrected chi connectivity index (χ4v) is 4.32. The lowest BCUT2D eigenvalue weighted by Gasteiger charge is -2.09. The molecule has 0 radical (unpaired) electrons. The van der Waals surface area contributed by atoms with E-state index < -0.39 is 47.2 Å². The van der Waals surface area contributed by atoms with Gasteiger partial charge in [0.05, 0.1) is 165 Å². The van der Waals surface area contributed by atoms with Crippen molar-refractivity contribution in [2.45, 2.75) is 39.0 Å². The summed E-state index contributed by atoms with van der Waals surface area (Å²) >= 11 is 0. The predicted molar refractivity (Wildman–Crippen MR) is 201 cm³/mol. The molecule has 0 spiro atoms. The smallest absolute Gasteiger partial charge is 0.313 e. The summed E-state index contributed by atoms with van der Waals surface area (Å²) < 4.78 is 141. The molecule has 0 N–H and O–H groups in total. The molecular weight excluding hydrogens is 819 g/mol. The number of hydrogen-bond donors (Lipinski definition) is 0. The maximum absolute atomic E-state index is 13.6. The van der Waals surface area contributed by atoms with E-state index in [1.165, 1.54) is 0 Å². The lowest BCUT2D eigenvalue weighted by Crippen LogP contribution is -2.16. The SMILES string of the molecule is CCCCCC(=O)OCCOCCOCCOCCOCCOCCOCCOCCOCCOCCOCCOCCOCCC(=O)Oc1c(F)c(F)c(F)c(F)c1F. The lowest BCUT2D eigenvalue weighted by atomic mass is 10.2. The minimum Gasteiger partial charge on any atom is -0.463 e. The third-order valence-electron chi connectivity index (χ3n) is 7.40. The number of carbonyl (C=O) groups is 2. The van der Waals surface area contributed by atoms with Crippen LogP contribution in [0.15, 0.2) is 0 Å². The zero-order valence-corrected chi connectivity index (χ0v) is 34.6. The molecule has 21 heteroatoms. The topological polar surface area (TPSA) is 163 Å². The van der Waals surface area contributed by atoms with E-state index in [2.05, 4.69) is 11.7 Å². The Morgan fingerprint density at radius 1 is 0.333 bits per heavy atom. The van der Waals surface area contributed by atoms with Crippen LogP contribution < -0.4 is 4.74 Å². The number of unbranched alkanes of at least 4 members (excludes halogenated alkanes) is 2. The van der Waals surface area contributed by atoms with Gasteiger partial charge < -0.3 is 66.3 Å². The number of carbonyl (C=O) groups excluding carboxylic acids is 2. The van der Waals surface area contributed by atoms with E-state index in [1.54, 1.807) is 0 Å². The summed E-state index contributed by atoms with van der Waals surface area (Å²) in [5, 5.41) is 0. The Bertz CT molecular complexity index is 1180. The van der Waals surface area contributed by atoms with E-state index in [1.807, 2.05) is 0 Å². The first-order valence-corrected chi connectivity index (χ1v) is 20.1. The summed E-state index contributed by atoms with van der Waals surface area (Å²) in [7, 11) is 0. The van der Waals surface area contributed by atoms with E-state index in [4.69, 9.17) is 61.6 Å². The van der Waals surface area contributed by atoms with Crippen LogP contribution in [-0.4, -0.2) is 177 Å². The highest BCUT2D eigenvalue weighted by molar-refractivity contribution is 5.72. The number of halogens is 5. The molecule has 1 rings (SSSR count). The number of benzene rings is 1. The number of hydrogen-bond acceptors (Lipinski definition) is 16. The minimum atomic E-state index is -2.35. The van der Waals surface area contributed by atoms with Crippen LogP contribution in [-0.2, 0) is 71.2 Å². The van der Waals surface area contributed by atoms with Gasteiger partial charge in [-0.3, -0.25) is 9.59 Å². The second kappa shape index (κ2) is 40.4. The Balaban J connectivity index is 1.70. The summed E-state index contributed by atoms with van der Waals surface area (Å²) in [4.78, 5) is 23.1. The normalized spacial score (nSPS) is 11.4. The molecule has 0 aromatic heterocycles. The first-order chi connectivity index (χ1) is 29.3. The summed E-state index contributed by atoms with van der Waals surface area (Å²) in [6, 6.07) is 0. The first kappa shape index (κ1) is 55.3. The minimum absolute atomic E-state index is 0.0744. The van der Waals surface area contributed by atoms with Gasteiger partial charge in [-0.15, -0.1) is 0 Å². The van der Waals surface area contributed by atoms with Crippen LogP contribution in [0.3, 0.4) is 0 Å². The molecule has 0 atom stereocenters. The third kappa shape index (κ3) is 31.2. The van der Waals surface area contributed by atoms with Gasteiger partial charge >= 0.3 is 11.9 Å². The number of esters is 2. The maximum atomic E-state index is 13.6. The average Bonchev–Trinajstić information content (AvgIpc) is 3.24. The number of ether oxygens (including phenoxy) is 14. The molecule has 1 aromatic carbocycles. The van der Waals surface area contributed by atoms with Crippen LogP contribution in [0.25, 0.3) is 0 Å². The van der Waals surface area contributed by atoms with Gasteiger partial charge in [-0.25, -0.2) is 13.2 Å². The summed E-state index contributed by atoms with van der Waals surface area (Å²) in [6.45, 7) is 11.0. The molecule has 0 saturated carbocycles. The van der Waals surface area contributed by atoms with Crippen LogP contribution >= 0.6 is 0 Å². The van der Waals surface area contributed by atoms with Crippen molar-refractivity contribution in [2.75, 3.05) is 165 Å². The highest BCUT2D eigenvalue weighted by Crippen LogP contribution is 2.29. The Labute approximate surface area is 348 Å². The molecule has 0 bridgehead atoms. The second-order valence-corrected chi connectivity index (χ2v) is 12.1. The molecule has 1 aromatic rings. The molecule has 0 aliphatic rings. The molecule has 60 heavy (non-hydrogen) atoms. The van der Waals surface area contributed by atoms with Gasteiger partial charge in [-0.2, -0.15) is 8.78 Å². The number of rotatable bonds is 44. The second-order valence-electron chi connectivity index (χ2n) is 12.1. The molecule has 0 aliphatic carbocycles. The van der Waals surface area contributed by atoms with Gasteiger partial charge in [0.1, 0.15) is 6.61 Å². The lowest BCUT2D eigenvalue weighted by molar-refractivity contribution is -0.145. The average molecular weight is 883 g/mol. The maximum Gasteiger partial charge on any atom is 0.313 e. The van der Waals surface area contributed by atoms with Crippen molar-refractivity contribution in [3.8, 4) is 5.75 Å². The highest BCUT2D eigenvalue weighted by atomic mass is 19.2. The van der Waals surface area contributed by atoms with Crippen molar-refractivity contribution < 1.29 is 97.9 Å². The Hall–Kier alpha value is -2.67. The Morgan fingerprint density at radius 2 is 0.600 bits per heavy atom. The zero-order valence-electron chi connectivity index (χ0n) is 34.6. The molecule has 0 saturated heterocycles. The van der Waals surface area contributed by atoms with Crippen molar-refractivity contribution in [3.05, 3.63) is 29.1 Å². The van der Waals surface area contributed by atoms with Gasteiger partial charge in [0.25, 0.3) is 0 Å². The van der Waals surface area contributed by atoms with E-state index in [0.717, 1.165) is 19.3 Å². The highest BCUT2D eigenvalue weighted by Gasteiger charge is 2.28. The van der Waals surface area contributed by atoms with Crippen molar-refractivity contribution in [1.82, 2.24) is 0 Å². The van der Waals surface area contributed by atoms with Gasteiger partial charge in [-0.05, 0) is 6.42 Å². The third-order valence-corrected chi connectivity index (χ3v) is 7.40. The fourth-order valence-electron chi connectivity index (χ4n) is 4.32. The molecule has 350 valence electrons. The summed E-state index contributed by atoms with van der Waals surface area (Å²) in [6.07, 6.45) is 2.93. The molecule has 0 amide bonds. The molecule has 0 aliphatic heterocycles. The van der Waals surface area contributed by atoms with Crippen LogP contribution in [0, 0.1) is 29.1 Å². The van der Waals surface area contributed by atoms with Crippen molar-refractivity contribution in [3.63, 3.8) is 0 Å². The van der Waals surface area contributed by atoms with E-state index in [9.17, 15) is 31.5 Å². The summed E-state index contributed by atoms with van der Waals surface area (Å²) in [5.41, 5.74) is 0. The zero-order chi connectivity index (χ0) is 43.7. The summed E-state index contributed by atoms with van der Waals surface area (Å²) in [5.74, 6) is -14.3. The first-order valence-electron chi connectivity index (χ1n) is 20.1. The van der Waals surface area contributed by atoms with E-state index in [0.29, 0.717) is 139 Å². The molecule has 0 fully saturated rings. The van der Waals surface area contributed by atoms with Crippen LogP contribution in [0.4, 0.5) is 22.0 Å². The van der Waals surface area contributed by atoms with Gasteiger partial charge in [0.2, 0.25) is 34.8 Å². The largest absolute Gasteiger partial charge is 0.463 e. The van der Waals surface area contributed by atoms with Crippen molar-refractivity contribution >= 4 is 11.9 Å². The van der Waals surface area contributed by atoms with Gasteiger partial charge in [-0.1, -0.05) is 19.8 Å². The fraction of sp³-hybridized carbons (Fsp3) is 0.795. The Kier molecular flexibility index (Phi) is 37.3. The van der Waals surface area contributed by atoms with Crippen LogP contribution in [0.5, 0.6) is 5.75 Å². The molecule has 0 heterocycles. The van der Waals surface area contributed by atoms with Crippen LogP contribution in [0.1, 0.15) is 39.0 Å². The van der Waals surface area contributed by atoms with Crippen LogP contribution in [0.2, 0.25) is 0 Å². The molecular formula is C39H63F5O16. The molecule has 0 unspecified atom stereocenters. The van der Waals surface area contributed by atoms with Crippen molar-refractivity contribution in [2.24, 2.45) is 0 Å². The van der Waals surface area contributed by atoms with Gasteiger partial charge in [0, 0.05) is 6.42 Å². The molecule has 16 nitrogen and oxygen atoms in total. The standard InChI is InChI=1S/C39H63F5O16/c1-2-3-4-5-32(45)59-31-30-58-29-28-57-27-26-56-25-24-55-23-22-54-21-20-53-19-18-52-17-16-51-15-14-50-13-12-49-11-10-48-9-8-47-7-6-33(46)60-39-37(43)35(41)34(40)36(42)38(39)44/h2-31H2,1H3. The quantitative estimate of drug-likeness (QED) is 0.0231. The monoisotopic (exact) mass is 882 g/mol. The van der Waals surface area contributed by atoms with Crippen molar-refractivity contribution in [1.29, 1.82) is 0 Å². The van der Waals surface area contributed by atoms with Gasteiger partial charge in [0.15, 0.2) is 0 Å². The van der Waals surface area contributed by atoms with E-state index >= 15 is 0 Å². The van der Waals surface area contributed by atoms with E-state index in [-0.39, 0.29) is 39.0 Å². The predicted octanol–water partition coefficient (Wildman–Crippen LogP) is 4.00.